The predicted octanol–water partition coefficient (Wildman–Crippen LogP) is 0.853. The second-order valence-electron chi connectivity index (χ2n) is 4.03. The van der Waals surface area contributed by atoms with Crippen LogP contribution in [-0.2, 0) is 6.54 Å². The third-order valence-corrected chi connectivity index (χ3v) is 2.35. The lowest BCUT2D eigenvalue weighted by Gasteiger charge is -2.14. The molecule has 1 aromatic rings. The lowest BCUT2D eigenvalue weighted by molar-refractivity contribution is 0.497. The van der Waals surface area contributed by atoms with E-state index >= 15 is 0 Å². The van der Waals surface area contributed by atoms with Gasteiger partial charge in [-0.2, -0.15) is 0 Å². The van der Waals surface area contributed by atoms with Crippen LogP contribution in [0.15, 0.2) is 23.0 Å². The van der Waals surface area contributed by atoms with Crippen molar-refractivity contribution in [2.45, 2.75) is 32.9 Å². The van der Waals surface area contributed by atoms with E-state index in [0.717, 1.165) is 25.2 Å². The van der Waals surface area contributed by atoms with Crippen LogP contribution in [0.4, 0.5) is 0 Å². The average molecular weight is 223 g/mol. The third-order valence-electron chi connectivity index (χ3n) is 2.35. The van der Waals surface area contributed by atoms with Gasteiger partial charge < -0.3 is 15.6 Å². The summed E-state index contributed by atoms with van der Waals surface area (Å²) in [4.78, 5) is 13.8. The minimum atomic E-state index is -0.0453. The second kappa shape index (κ2) is 7.19. The van der Waals surface area contributed by atoms with Gasteiger partial charge in [0.25, 0.3) is 0 Å². The van der Waals surface area contributed by atoms with E-state index in [9.17, 15) is 4.79 Å². The molecule has 0 fully saturated rings. The summed E-state index contributed by atoms with van der Waals surface area (Å²) in [6.45, 7) is 6.98. The van der Waals surface area contributed by atoms with E-state index < -0.39 is 0 Å². The monoisotopic (exact) mass is 223 g/mol. The van der Waals surface area contributed by atoms with E-state index in [-0.39, 0.29) is 5.56 Å². The molecule has 1 atom stereocenters. The quantitative estimate of drug-likeness (QED) is 0.601. The molecular weight excluding hydrogens is 202 g/mol. The number of hydrogen-bond donors (Lipinski definition) is 3. The fourth-order valence-corrected chi connectivity index (χ4v) is 1.45. The molecule has 1 unspecified atom stereocenters. The van der Waals surface area contributed by atoms with Crippen molar-refractivity contribution in [1.82, 2.24) is 15.6 Å². The highest BCUT2D eigenvalue weighted by molar-refractivity contribution is 5.03. The molecule has 16 heavy (non-hydrogen) atoms. The standard InChI is InChI=1S/C12H21N3O/c1-3-7-13-8-10(2)14-9-11-5-4-6-12(16)15-11/h4-6,10,13-14H,3,7-9H2,1-2H3,(H,15,16). The van der Waals surface area contributed by atoms with Crippen molar-refractivity contribution < 1.29 is 0 Å². The molecule has 4 heteroatoms. The molecule has 0 aliphatic rings. The first-order chi connectivity index (χ1) is 7.72. The van der Waals surface area contributed by atoms with Gasteiger partial charge in [-0.1, -0.05) is 13.0 Å². The van der Waals surface area contributed by atoms with Crippen LogP contribution in [0.1, 0.15) is 26.0 Å². The molecule has 0 aliphatic carbocycles. The highest BCUT2D eigenvalue weighted by Crippen LogP contribution is 1.90. The van der Waals surface area contributed by atoms with Crippen molar-refractivity contribution in [2.24, 2.45) is 0 Å². The Bertz CT molecular complexity index is 348. The van der Waals surface area contributed by atoms with Gasteiger partial charge >= 0.3 is 0 Å². The van der Waals surface area contributed by atoms with Crippen LogP contribution in [0.25, 0.3) is 0 Å². The van der Waals surface area contributed by atoms with Gasteiger partial charge in [0.05, 0.1) is 0 Å². The number of H-pyrrole nitrogens is 1. The van der Waals surface area contributed by atoms with Crippen molar-refractivity contribution in [2.75, 3.05) is 13.1 Å². The smallest absolute Gasteiger partial charge is 0.248 e. The molecule has 0 saturated heterocycles. The summed E-state index contributed by atoms with van der Waals surface area (Å²) in [6, 6.07) is 5.61. The lowest BCUT2D eigenvalue weighted by Crippen LogP contribution is -2.36. The maximum atomic E-state index is 11.1. The van der Waals surface area contributed by atoms with E-state index in [1.165, 1.54) is 6.07 Å². The van der Waals surface area contributed by atoms with Crippen LogP contribution in [0.5, 0.6) is 0 Å². The molecule has 3 N–H and O–H groups in total. The Morgan fingerprint density at radius 2 is 2.25 bits per heavy atom. The summed E-state index contributed by atoms with van der Waals surface area (Å²) < 4.78 is 0. The second-order valence-corrected chi connectivity index (χ2v) is 4.03. The molecule has 0 spiro atoms. The summed E-state index contributed by atoms with van der Waals surface area (Å²) in [5.41, 5.74) is 0.880. The van der Waals surface area contributed by atoms with Gasteiger partial charge in [0.2, 0.25) is 5.56 Å². The molecular formula is C12H21N3O. The van der Waals surface area contributed by atoms with E-state index in [0.29, 0.717) is 12.6 Å². The number of nitrogens with one attached hydrogen (secondary N) is 3. The topological polar surface area (TPSA) is 56.9 Å². The summed E-state index contributed by atoms with van der Waals surface area (Å²) in [5, 5.41) is 6.70. The zero-order chi connectivity index (χ0) is 11.8. The first kappa shape index (κ1) is 12.9. The highest BCUT2D eigenvalue weighted by Gasteiger charge is 2.00. The first-order valence-corrected chi connectivity index (χ1v) is 5.84. The van der Waals surface area contributed by atoms with E-state index in [1.807, 2.05) is 6.07 Å². The molecule has 0 radical (unpaired) electrons. The van der Waals surface area contributed by atoms with Gasteiger partial charge in [-0.3, -0.25) is 4.79 Å². The SMILES string of the molecule is CCCNCC(C)NCc1cccc(=O)[nH]1. The molecule has 4 nitrogen and oxygen atoms in total. The van der Waals surface area contributed by atoms with Crippen LogP contribution in [0.3, 0.4) is 0 Å². The summed E-state index contributed by atoms with van der Waals surface area (Å²) >= 11 is 0. The van der Waals surface area contributed by atoms with Gasteiger partial charge in [0.1, 0.15) is 0 Å². The van der Waals surface area contributed by atoms with Gasteiger partial charge in [0, 0.05) is 30.9 Å². The van der Waals surface area contributed by atoms with Crippen molar-refractivity contribution in [3.8, 4) is 0 Å². The van der Waals surface area contributed by atoms with Gasteiger partial charge in [-0.25, -0.2) is 0 Å². The Kier molecular flexibility index (Phi) is 5.82. The minimum absolute atomic E-state index is 0.0453. The number of hydrogen-bond acceptors (Lipinski definition) is 3. The van der Waals surface area contributed by atoms with Crippen molar-refractivity contribution >= 4 is 0 Å². The van der Waals surface area contributed by atoms with Crippen molar-refractivity contribution in [1.29, 1.82) is 0 Å². The molecule has 90 valence electrons. The molecule has 0 aromatic carbocycles. The first-order valence-electron chi connectivity index (χ1n) is 5.84. The molecule has 1 heterocycles. The lowest BCUT2D eigenvalue weighted by atomic mass is 10.3. The average Bonchev–Trinajstić information content (AvgIpc) is 2.27. The number of aromatic amines is 1. The fourth-order valence-electron chi connectivity index (χ4n) is 1.45. The normalized spacial score (nSPS) is 12.6. The highest BCUT2D eigenvalue weighted by atomic mass is 16.1. The Hall–Kier alpha value is -1.13. The third kappa shape index (κ3) is 5.09. The Morgan fingerprint density at radius 3 is 2.94 bits per heavy atom. The number of rotatable bonds is 7. The van der Waals surface area contributed by atoms with E-state index in [4.69, 9.17) is 0 Å². The fraction of sp³-hybridized carbons (Fsp3) is 0.583. The number of aromatic nitrogens is 1. The van der Waals surface area contributed by atoms with Crippen LogP contribution < -0.4 is 16.2 Å². The molecule has 1 rings (SSSR count). The van der Waals surface area contributed by atoms with E-state index in [2.05, 4.69) is 29.5 Å². The molecule has 0 bridgehead atoms. The maximum Gasteiger partial charge on any atom is 0.248 e. The van der Waals surface area contributed by atoms with Crippen LogP contribution in [0, 0.1) is 0 Å². The Morgan fingerprint density at radius 1 is 1.44 bits per heavy atom. The molecule has 0 aliphatic heterocycles. The van der Waals surface area contributed by atoms with Crippen LogP contribution in [0.2, 0.25) is 0 Å². The Balaban J connectivity index is 2.26. The van der Waals surface area contributed by atoms with E-state index in [1.54, 1.807) is 6.07 Å². The minimum Gasteiger partial charge on any atom is -0.325 e. The van der Waals surface area contributed by atoms with Crippen molar-refractivity contribution in [3.05, 3.63) is 34.2 Å². The van der Waals surface area contributed by atoms with Crippen LogP contribution in [-0.4, -0.2) is 24.1 Å². The molecule has 0 amide bonds. The number of pyridine rings is 1. The maximum absolute atomic E-state index is 11.1. The Labute approximate surface area is 96.5 Å². The van der Waals surface area contributed by atoms with Gasteiger partial charge in [-0.05, 0) is 26.0 Å². The zero-order valence-corrected chi connectivity index (χ0v) is 10.0. The summed E-state index contributed by atoms with van der Waals surface area (Å²) in [6.07, 6.45) is 1.15. The largest absolute Gasteiger partial charge is 0.325 e. The predicted molar refractivity (Wildman–Crippen MR) is 66.5 cm³/mol. The molecule has 0 saturated carbocycles. The summed E-state index contributed by atoms with van der Waals surface area (Å²) in [7, 11) is 0. The van der Waals surface area contributed by atoms with Crippen molar-refractivity contribution in [3.63, 3.8) is 0 Å². The van der Waals surface area contributed by atoms with Gasteiger partial charge in [-0.15, -0.1) is 0 Å². The zero-order valence-electron chi connectivity index (χ0n) is 10.0. The van der Waals surface area contributed by atoms with Crippen LogP contribution >= 0.6 is 0 Å². The summed E-state index contributed by atoms with van der Waals surface area (Å²) in [5.74, 6) is 0. The van der Waals surface area contributed by atoms with Gasteiger partial charge in [0.15, 0.2) is 0 Å². The molecule has 1 aromatic heterocycles.